The van der Waals surface area contributed by atoms with E-state index in [0.717, 1.165) is 21.4 Å². The fourth-order valence-corrected chi connectivity index (χ4v) is 2.96. The van der Waals surface area contributed by atoms with Gasteiger partial charge in [-0.05, 0) is 48.1 Å². The second-order valence-corrected chi connectivity index (χ2v) is 7.40. The first-order valence-corrected chi connectivity index (χ1v) is 9.25. The SMILES string of the molecule is S=C(Nc1ccc(Cl)c(Cl)c1)Nc1cnn(Cc2ccc(Br)cc2)c1. The highest BCUT2D eigenvalue weighted by atomic mass is 79.9. The van der Waals surface area contributed by atoms with Crippen LogP contribution in [0.3, 0.4) is 0 Å². The van der Waals surface area contributed by atoms with Gasteiger partial charge >= 0.3 is 0 Å². The molecule has 0 bridgehead atoms. The number of anilines is 2. The molecule has 0 fully saturated rings. The van der Waals surface area contributed by atoms with Crippen LogP contribution in [0.4, 0.5) is 11.4 Å². The topological polar surface area (TPSA) is 41.9 Å². The summed E-state index contributed by atoms with van der Waals surface area (Å²) >= 11 is 20.6. The molecule has 3 rings (SSSR count). The molecule has 25 heavy (non-hydrogen) atoms. The molecule has 0 saturated carbocycles. The van der Waals surface area contributed by atoms with Gasteiger partial charge in [-0.1, -0.05) is 51.3 Å². The number of hydrogen-bond donors (Lipinski definition) is 2. The van der Waals surface area contributed by atoms with Gasteiger partial charge in [-0.2, -0.15) is 5.10 Å². The molecule has 0 spiro atoms. The molecule has 0 unspecified atom stereocenters. The molecule has 0 atom stereocenters. The lowest BCUT2D eigenvalue weighted by molar-refractivity contribution is 0.687. The van der Waals surface area contributed by atoms with E-state index in [1.54, 1.807) is 24.4 Å². The van der Waals surface area contributed by atoms with Crippen molar-refractivity contribution in [2.45, 2.75) is 6.54 Å². The number of thiocarbonyl (C=S) groups is 1. The van der Waals surface area contributed by atoms with E-state index in [9.17, 15) is 0 Å². The van der Waals surface area contributed by atoms with E-state index in [1.165, 1.54) is 0 Å². The summed E-state index contributed by atoms with van der Waals surface area (Å²) in [6.07, 6.45) is 3.62. The standard InChI is InChI=1S/C17H13BrCl2N4S/c18-12-3-1-11(2-4-12)9-24-10-14(8-21-24)23-17(25)22-13-5-6-15(19)16(20)7-13/h1-8,10H,9H2,(H2,22,23,25). The van der Waals surface area contributed by atoms with Crippen molar-refractivity contribution >= 4 is 67.8 Å². The summed E-state index contributed by atoms with van der Waals surface area (Å²) < 4.78 is 2.89. The quantitative estimate of drug-likeness (QED) is 0.487. The molecule has 0 aliphatic rings. The molecule has 0 radical (unpaired) electrons. The largest absolute Gasteiger partial charge is 0.332 e. The van der Waals surface area contributed by atoms with E-state index in [4.69, 9.17) is 35.4 Å². The Morgan fingerprint density at radius 2 is 1.76 bits per heavy atom. The van der Waals surface area contributed by atoms with Gasteiger partial charge in [0.15, 0.2) is 5.11 Å². The number of hydrogen-bond acceptors (Lipinski definition) is 2. The molecule has 0 aliphatic heterocycles. The minimum atomic E-state index is 0.446. The van der Waals surface area contributed by atoms with Crippen molar-refractivity contribution < 1.29 is 0 Å². The van der Waals surface area contributed by atoms with Crippen molar-refractivity contribution in [2.24, 2.45) is 0 Å². The van der Waals surface area contributed by atoms with Crippen molar-refractivity contribution in [1.29, 1.82) is 0 Å². The van der Waals surface area contributed by atoms with Gasteiger partial charge in [0.05, 0.1) is 28.5 Å². The number of nitrogens with zero attached hydrogens (tertiary/aromatic N) is 2. The minimum Gasteiger partial charge on any atom is -0.332 e. The summed E-state index contributed by atoms with van der Waals surface area (Å²) in [4.78, 5) is 0. The Balaban J connectivity index is 1.59. The van der Waals surface area contributed by atoms with Gasteiger partial charge in [0.25, 0.3) is 0 Å². The molecule has 0 saturated heterocycles. The molecule has 1 heterocycles. The number of aromatic nitrogens is 2. The predicted molar refractivity (Wildman–Crippen MR) is 112 cm³/mol. The summed E-state index contributed by atoms with van der Waals surface area (Å²) in [5.74, 6) is 0. The highest BCUT2D eigenvalue weighted by Gasteiger charge is 2.04. The van der Waals surface area contributed by atoms with E-state index in [1.807, 2.05) is 23.0 Å². The highest BCUT2D eigenvalue weighted by molar-refractivity contribution is 9.10. The second-order valence-electron chi connectivity index (χ2n) is 5.26. The van der Waals surface area contributed by atoms with Crippen molar-refractivity contribution in [1.82, 2.24) is 9.78 Å². The lowest BCUT2D eigenvalue weighted by Gasteiger charge is -2.09. The van der Waals surface area contributed by atoms with Crippen molar-refractivity contribution in [3.63, 3.8) is 0 Å². The molecular weight excluding hydrogens is 443 g/mol. The zero-order valence-corrected chi connectivity index (χ0v) is 16.8. The van der Waals surface area contributed by atoms with Gasteiger partial charge < -0.3 is 10.6 Å². The van der Waals surface area contributed by atoms with E-state index >= 15 is 0 Å². The fourth-order valence-electron chi connectivity index (χ4n) is 2.16. The average molecular weight is 456 g/mol. The maximum atomic E-state index is 6.00. The van der Waals surface area contributed by atoms with Gasteiger partial charge in [0.1, 0.15) is 0 Å². The molecule has 1 aromatic heterocycles. The van der Waals surface area contributed by atoms with Crippen LogP contribution in [0.2, 0.25) is 10.0 Å². The lowest BCUT2D eigenvalue weighted by atomic mass is 10.2. The Hall–Kier alpha value is -1.60. The van der Waals surface area contributed by atoms with E-state index in [2.05, 4.69) is 43.8 Å². The number of benzene rings is 2. The van der Waals surface area contributed by atoms with E-state index in [-0.39, 0.29) is 0 Å². The maximum Gasteiger partial charge on any atom is 0.175 e. The Bertz CT molecular complexity index is 896. The van der Waals surface area contributed by atoms with Crippen LogP contribution < -0.4 is 10.6 Å². The molecule has 2 aromatic carbocycles. The first kappa shape index (κ1) is 18.2. The first-order valence-electron chi connectivity index (χ1n) is 7.29. The summed E-state index contributed by atoms with van der Waals surface area (Å²) in [5.41, 5.74) is 2.72. The van der Waals surface area contributed by atoms with Gasteiger partial charge in [-0.25, -0.2) is 0 Å². The van der Waals surface area contributed by atoms with Gasteiger partial charge in [-0.3, -0.25) is 4.68 Å². The van der Waals surface area contributed by atoms with Crippen molar-refractivity contribution in [3.05, 3.63) is 74.9 Å². The zero-order valence-electron chi connectivity index (χ0n) is 12.8. The van der Waals surface area contributed by atoms with Crippen molar-refractivity contribution in [2.75, 3.05) is 10.6 Å². The molecule has 0 aliphatic carbocycles. The molecule has 3 aromatic rings. The van der Waals surface area contributed by atoms with Gasteiger partial charge in [-0.15, -0.1) is 0 Å². The first-order chi connectivity index (χ1) is 12.0. The van der Waals surface area contributed by atoms with Crippen LogP contribution in [-0.2, 0) is 6.54 Å². The van der Waals surface area contributed by atoms with Gasteiger partial charge in [0, 0.05) is 16.4 Å². The van der Waals surface area contributed by atoms with Crippen LogP contribution in [0, 0.1) is 0 Å². The predicted octanol–water partition coefficient (Wildman–Crippen LogP) is 5.81. The van der Waals surface area contributed by atoms with Crippen LogP contribution in [0.1, 0.15) is 5.56 Å². The van der Waals surface area contributed by atoms with Crippen molar-refractivity contribution in [3.8, 4) is 0 Å². The summed E-state index contributed by atoms with van der Waals surface area (Å²) in [7, 11) is 0. The minimum absolute atomic E-state index is 0.446. The van der Waals surface area contributed by atoms with Crippen LogP contribution in [0.15, 0.2) is 59.3 Å². The Morgan fingerprint density at radius 1 is 1.04 bits per heavy atom. The highest BCUT2D eigenvalue weighted by Crippen LogP contribution is 2.25. The number of halogens is 3. The smallest absolute Gasteiger partial charge is 0.175 e. The van der Waals surface area contributed by atoms with Crippen LogP contribution in [0.5, 0.6) is 0 Å². The third kappa shape index (κ3) is 5.19. The third-order valence-electron chi connectivity index (χ3n) is 3.33. The molecule has 2 N–H and O–H groups in total. The van der Waals surface area contributed by atoms with Crippen LogP contribution >= 0.6 is 51.3 Å². The third-order valence-corrected chi connectivity index (χ3v) is 4.80. The molecule has 8 heteroatoms. The number of rotatable bonds is 4. The van der Waals surface area contributed by atoms with E-state index in [0.29, 0.717) is 21.7 Å². The summed E-state index contributed by atoms with van der Waals surface area (Å²) in [6, 6.07) is 13.4. The Morgan fingerprint density at radius 3 is 2.48 bits per heavy atom. The normalized spacial score (nSPS) is 10.5. The maximum absolute atomic E-state index is 6.00. The fraction of sp³-hybridized carbons (Fsp3) is 0.0588. The zero-order chi connectivity index (χ0) is 17.8. The Labute approximate surface area is 169 Å². The average Bonchev–Trinajstić information content (AvgIpc) is 3.00. The molecule has 0 amide bonds. The van der Waals surface area contributed by atoms with E-state index < -0.39 is 0 Å². The van der Waals surface area contributed by atoms with Crippen LogP contribution in [-0.4, -0.2) is 14.9 Å². The monoisotopic (exact) mass is 454 g/mol. The van der Waals surface area contributed by atoms with Gasteiger partial charge in [0.2, 0.25) is 0 Å². The number of nitrogens with one attached hydrogen (secondary N) is 2. The Kier molecular flexibility index (Phi) is 5.96. The molecular formula is C17H13BrCl2N4S. The second kappa shape index (κ2) is 8.19. The molecule has 4 nitrogen and oxygen atoms in total. The molecule has 128 valence electrons. The van der Waals surface area contributed by atoms with Crippen LogP contribution in [0.25, 0.3) is 0 Å². The lowest BCUT2D eigenvalue weighted by Crippen LogP contribution is -2.18. The summed E-state index contributed by atoms with van der Waals surface area (Å²) in [5, 5.41) is 11.9. The summed E-state index contributed by atoms with van der Waals surface area (Å²) in [6.45, 7) is 0.682.